The van der Waals surface area contributed by atoms with Crippen LogP contribution in [0.15, 0.2) is 45.5 Å². The maximum atomic E-state index is 13.1. The van der Waals surface area contributed by atoms with Crippen LogP contribution in [0.4, 0.5) is 4.39 Å². The van der Waals surface area contributed by atoms with E-state index in [9.17, 15) is 4.39 Å². The van der Waals surface area contributed by atoms with E-state index in [-0.39, 0.29) is 11.9 Å². The maximum Gasteiger partial charge on any atom is 0.135 e. The van der Waals surface area contributed by atoms with Crippen LogP contribution in [-0.4, -0.2) is 7.05 Å². The molecule has 0 bridgehead atoms. The Morgan fingerprint density at radius 3 is 2.82 bits per heavy atom. The van der Waals surface area contributed by atoms with Gasteiger partial charge in [-0.2, -0.15) is 0 Å². The predicted molar refractivity (Wildman–Crippen MR) is 68.3 cm³/mol. The van der Waals surface area contributed by atoms with Crippen molar-refractivity contribution in [2.24, 2.45) is 0 Å². The summed E-state index contributed by atoms with van der Waals surface area (Å²) in [5, 5.41) is 3.17. The van der Waals surface area contributed by atoms with E-state index >= 15 is 0 Å². The van der Waals surface area contributed by atoms with Crippen LogP contribution in [0.1, 0.15) is 17.4 Å². The van der Waals surface area contributed by atoms with E-state index in [1.807, 2.05) is 19.2 Å². The van der Waals surface area contributed by atoms with Crippen molar-refractivity contribution in [3.63, 3.8) is 0 Å². The molecule has 2 rings (SSSR count). The number of rotatable bonds is 4. The summed E-state index contributed by atoms with van der Waals surface area (Å²) >= 11 is 3.43. The van der Waals surface area contributed by atoms with Gasteiger partial charge in [0.05, 0.1) is 16.8 Å². The lowest BCUT2D eigenvalue weighted by Gasteiger charge is -2.14. The fourth-order valence-electron chi connectivity index (χ4n) is 1.78. The van der Waals surface area contributed by atoms with Crippen molar-refractivity contribution in [2.45, 2.75) is 12.5 Å². The Balaban J connectivity index is 2.19. The second-order valence-electron chi connectivity index (χ2n) is 3.81. The zero-order valence-corrected chi connectivity index (χ0v) is 11.0. The minimum absolute atomic E-state index is 0.0289. The summed E-state index contributed by atoms with van der Waals surface area (Å²) in [4.78, 5) is 0. The lowest BCUT2D eigenvalue weighted by Crippen LogP contribution is -2.18. The number of nitrogens with one attached hydrogen (secondary N) is 1. The summed E-state index contributed by atoms with van der Waals surface area (Å²) < 4.78 is 19.4. The second-order valence-corrected chi connectivity index (χ2v) is 4.66. The van der Waals surface area contributed by atoms with Gasteiger partial charge in [0.1, 0.15) is 11.6 Å². The first kappa shape index (κ1) is 12.3. The molecule has 0 aliphatic carbocycles. The first-order valence-electron chi connectivity index (χ1n) is 5.35. The van der Waals surface area contributed by atoms with E-state index in [1.165, 1.54) is 6.07 Å². The molecule has 1 N–H and O–H groups in total. The van der Waals surface area contributed by atoms with Crippen LogP contribution < -0.4 is 5.32 Å². The first-order valence-corrected chi connectivity index (χ1v) is 6.14. The van der Waals surface area contributed by atoms with Crippen molar-refractivity contribution in [3.8, 4) is 0 Å². The average molecular weight is 298 g/mol. The third-order valence-corrected chi connectivity index (χ3v) is 3.29. The van der Waals surface area contributed by atoms with Crippen molar-refractivity contribution in [1.82, 2.24) is 5.32 Å². The van der Waals surface area contributed by atoms with Crippen LogP contribution in [0.25, 0.3) is 0 Å². The van der Waals surface area contributed by atoms with E-state index in [0.29, 0.717) is 6.42 Å². The summed E-state index contributed by atoms with van der Waals surface area (Å²) in [6.07, 6.45) is 2.32. The Hall–Kier alpha value is -1.13. The van der Waals surface area contributed by atoms with Gasteiger partial charge in [-0.05, 0) is 53.2 Å². The smallest absolute Gasteiger partial charge is 0.135 e. The molecular formula is C13H13BrFNO. The average Bonchev–Trinajstić information content (AvgIpc) is 2.72. The molecule has 0 fully saturated rings. The highest BCUT2D eigenvalue weighted by Gasteiger charge is 2.16. The highest BCUT2D eigenvalue weighted by Crippen LogP contribution is 2.27. The largest absolute Gasteiger partial charge is 0.466 e. The molecule has 1 aromatic heterocycles. The minimum atomic E-state index is -0.212. The Labute approximate surface area is 108 Å². The van der Waals surface area contributed by atoms with Gasteiger partial charge in [-0.3, -0.25) is 0 Å². The van der Waals surface area contributed by atoms with Crippen molar-refractivity contribution in [1.29, 1.82) is 0 Å². The van der Waals surface area contributed by atoms with Crippen LogP contribution in [0.5, 0.6) is 0 Å². The zero-order chi connectivity index (χ0) is 12.3. The first-order chi connectivity index (χ1) is 8.20. The van der Waals surface area contributed by atoms with E-state index in [4.69, 9.17) is 4.42 Å². The monoisotopic (exact) mass is 297 g/mol. The van der Waals surface area contributed by atoms with Crippen LogP contribution in [0.3, 0.4) is 0 Å². The normalized spacial score (nSPS) is 12.6. The molecule has 0 radical (unpaired) electrons. The molecule has 0 saturated heterocycles. The van der Waals surface area contributed by atoms with Gasteiger partial charge in [0, 0.05) is 0 Å². The zero-order valence-electron chi connectivity index (χ0n) is 9.41. The van der Waals surface area contributed by atoms with Crippen molar-refractivity contribution in [3.05, 3.63) is 58.2 Å². The van der Waals surface area contributed by atoms with Crippen molar-refractivity contribution >= 4 is 15.9 Å². The quantitative estimate of drug-likeness (QED) is 0.931. The lowest BCUT2D eigenvalue weighted by molar-refractivity contribution is 0.426. The van der Waals surface area contributed by atoms with Crippen LogP contribution >= 0.6 is 15.9 Å². The SMILES string of the molecule is CNC(Cc1cccc(F)c1)c1occc1Br. The van der Waals surface area contributed by atoms with Gasteiger partial charge in [-0.1, -0.05) is 12.1 Å². The van der Waals surface area contributed by atoms with E-state index < -0.39 is 0 Å². The summed E-state index contributed by atoms with van der Waals surface area (Å²) in [6.45, 7) is 0. The molecular weight excluding hydrogens is 285 g/mol. The summed E-state index contributed by atoms with van der Waals surface area (Å²) in [5.41, 5.74) is 0.938. The number of halogens is 2. The second kappa shape index (κ2) is 5.47. The molecule has 1 aromatic carbocycles. The predicted octanol–water partition coefficient (Wildman–Crippen LogP) is 3.68. The van der Waals surface area contributed by atoms with Crippen molar-refractivity contribution < 1.29 is 8.81 Å². The molecule has 90 valence electrons. The van der Waals surface area contributed by atoms with Crippen LogP contribution in [-0.2, 0) is 6.42 Å². The molecule has 1 heterocycles. The van der Waals surface area contributed by atoms with Crippen molar-refractivity contribution in [2.75, 3.05) is 7.05 Å². The molecule has 0 aliphatic rings. The van der Waals surface area contributed by atoms with E-state index in [2.05, 4.69) is 21.2 Å². The summed E-state index contributed by atoms with van der Waals surface area (Å²) in [5.74, 6) is 0.618. The maximum absolute atomic E-state index is 13.1. The molecule has 2 nitrogen and oxygen atoms in total. The molecule has 4 heteroatoms. The highest BCUT2D eigenvalue weighted by atomic mass is 79.9. The number of hydrogen-bond donors (Lipinski definition) is 1. The van der Waals surface area contributed by atoms with E-state index in [1.54, 1.807) is 18.4 Å². The van der Waals surface area contributed by atoms with Gasteiger partial charge >= 0.3 is 0 Å². The molecule has 0 aliphatic heterocycles. The van der Waals surface area contributed by atoms with Gasteiger partial charge in [0.25, 0.3) is 0 Å². The molecule has 0 saturated carbocycles. The number of furan rings is 1. The molecule has 17 heavy (non-hydrogen) atoms. The van der Waals surface area contributed by atoms with Gasteiger partial charge in [-0.15, -0.1) is 0 Å². The van der Waals surface area contributed by atoms with Gasteiger partial charge < -0.3 is 9.73 Å². The lowest BCUT2D eigenvalue weighted by atomic mass is 10.0. The molecule has 0 amide bonds. The van der Waals surface area contributed by atoms with Gasteiger partial charge in [0.2, 0.25) is 0 Å². The Morgan fingerprint density at radius 1 is 1.41 bits per heavy atom. The third-order valence-electron chi connectivity index (χ3n) is 2.64. The summed E-state index contributed by atoms with van der Waals surface area (Å²) in [7, 11) is 1.86. The van der Waals surface area contributed by atoms with E-state index in [0.717, 1.165) is 15.8 Å². The Bertz CT molecular complexity index is 498. The molecule has 2 aromatic rings. The highest BCUT2D eigenvalue weighted by molar-refractivity contribution is 9.10. The van der Waals surface area contributed by atoms with Crippen LogP contribution in [0, 0.1) is 5.82 Å². The molecule has 1 unspecified atom stereocenters. The summed E-state index contributed by atoms with van der Waals surface area (Å²) in [6, 6.07) is 8.49. The number of benzene rings is 1. The number of likely N-dealkylation sites (N-methyl/N-ethyl adjacent to an activating group) is 1. The topological polar surface area (TPSA) is 25.2 Å². The molecule has 0 spiro atoms. The Morgan fingerprint density at radius 2 is 2.24 bits per heavy atom. The van der Waals surface area contributed by atoms with Crippen LogP contribution in [0.2, 0.25) is 0 Å². The number of hydrogen-bond acceptors (Lipinski definition) is 2. The van der Waals surface area contributed by atoms with Gasteiger partial charge in [-0.25, -0.2) is 4.39 Å². The fraction of sp³-hybridized carbons (Fsp3) is 0.231. The third kappa shape index (κ3) is 2.96. The minimum Gasteiger partial charge on any atom is -0.466 e. The molecule has 1 atom stereocenters. The fourth-order valence-corrected chi connectivity index (χ4v) is 2.26. The standard InChI is InChI=1S/C13H13BrFNO/c1-16-12(13-11(14)5-6-17-13)8-9-3-2-4-10(15)7-9/h2-7,12,16H,8H2,1H3. The van der Waals surface area contributed by atoms with Gasteiger partial charge in [0.15, 0.2) is 0 Å². The Kier molecular flexibility index (Phi) is 3.97.